The summed E-state index contributed by atoms with van der Waals surface area (Å²) < 4.78 is 0. The highest BCUT2D eigenvalue weighted by Crippen LogP contribution is 2.25. The molecule has 1 amide bonds. The van der Waals surface area contributed by atoms with Crippen LogP contribution in [0.3, 0.4) is 0 Å². The third-order valence-electron chi connectivity index (χ3n) is 3.20. The van der Waals surface area contributed by atoms with Gasteiger partial charge in [-0.3, -0.25) is 4.79 Å². The van der Waals surface area contributed by atoms with E-state index in [1.165, 1.54) is 6.20 Å². The van der Waals surface area contributed by atoms with Gasteiger partial charge in [-0.25, -0.2) is 4.98 Å². The van der Waals surface area contributed by atoms with Crippen LogP contribution in [0.4, 0.5) is 5.69 Å². The molecule has 1 fully saturated rings. The van der Waals surface area contributed by atoms with Crippen LogP contribution in [-0.2, 0) is 0 Å². The molecule has 0 bridgehead atoms. The Balaban J connectivity index is 2.27. The number of likely N-dealkylation sites (tertiary alicyclic amines) is 1. The number of rotatable bonds is 2. The van der Waals surface area contributed by atoms with Crippen molar-refractivity contribution in [2.24, 2.45) is 0 Å². The number of carbonyl (C=O) groups excluding carboxylic acids is 1. The SMILES string of the molecule is CCC1CCCN1C(=O)c1cc(N)cnc1Cl. The van der Waals surface area contributed by atoms with Crippen LogP contribution in [-0.4, -0.2) is 28.4 Å². The summed E-state index contributed by atoms with van der Waals surface area (Å²) in [6, 6.07) is 1.92. The number of nitrogen functional groups attached to an aromatic ring is 1. The minimum atomic E-state index is -0.0563. The van der Waals surface area contributed by atoms with Gasteiger partial charge in [-0.2, -0.15) is 0 Å². The van der Waals surface area contributed by atoms with Gasteiger partial charge in [0, 0.05) is 12.6 Å². The number of hydrogen-bond acceptors (Lipinski definition) is 3. The van der Waals surface area contributed by atoms with Crippen molar-refractivity contribution < 1.29 is 4.79 Å². The van der Waals surface area contributed by atoms with Crippen molar-refractivity contribution >= 4 is 23.2 Å². The molecule has 92 valence electrons. The molecule has 5 heteroatoms. The minimum Gasteiger partial charge on any atom is -0.397 e. The zero-order valence-corrected chi connectivity index (χ0v) is 10.6. The van der Waals surface area contributed by atoms with Gasteiger partial charge in [-0.05, 0) is 25.3 Å². The van der Waals surface area contributed by atoms with Crippen molar-refractivity contribution in [2.75, 3.05) is 12.3 Å². The summed E-state index contributed by atoms with van der Waals surface area (Å²) >= 11 is 5.95. The molecule has 0 saturated carbocycles. The first kappa shape index (κ1) is 12.2. The molecule has 0 aromatic carbocycles. The average Bonchev–Trinajstić information content (AvgIpc) is 2.79. The number of carbonyl (C=O) groups is 1. The predicted octanol–water partition coefficient (Wildman–Crippen LogP) is 2.33. The molecule has 1 aliphatic heterocycles. The molecule has 1 aromatic heterocycles. The van der Waals surface area contributed by atoms with Crippen molar-refractivity contribution in [2.45, 2.75) is 32.2 Å². The van der Waals surface area contributed by atoms with Crippen LogP contribution in [0.5, 0.6) is 0 Å². The lowest BCUT2D eigenvalue weighted by atomic mass is 10.1. The third kappa shape index (κ3) is 2.36. The molecule has 0 spiro atoms. The van der Waals surface area contributed by atoms with Gasteiger partial charge >= 0.3 is 0 Å². The molecular weight excluding hydrogens is 238 g/mol. The standard InChI is InChI=1S/C12H16ClN3O/c1-2-9-4-3-5-16(9)12(17)10-6-8(14)7-15-11(10)13/h6-7,9H,2-5,14H2,1H3. The van der Waals surface area contributed by atoms with Crippen molar-refractivity contribution in [1.29, 1.82) is 0 Å². The molecule has 2 heterocycles. The molecule has 1 atom stereocenters. The van der Waals surface area contributed by atoms with Gasteiger partial charge in [0.05, 0.1) is 17.4 Å². The minimum absolute atomic E-state index is 0.0563. The van der Waals surface area contributed by atoms with E-state index >= 15 is 0 Å². The van der Waals surface area contributed by atoms with E-state index in [0.717, 1.165) is 25.8 Å². The van der Waals surface area contributed by atoms with E-state index in [4.69, 9.17) is 17.3 Å². The maximum Gasteiger partial charge on any atom is 0.257 e. The highest BCUT2D eigenvalue weighted by atomic mass is 35.5. The van der Waals surface area contributed by atoms with Gasteiger partial charge in [0.1, 0.15) is 5.15 Å². The largest absolute Gasteiger partial charge is 0.397 e. The van der Waals surface area contributed by atoms with Crippen LogP contribution in [0.1, 0.15) is 36.5 Å². The number of hydrogen-bond donors (Lipinski definition) is 1. The van der Waals surface area contributed by atoms with E-state index in [2.05, 4.69) is 11.9 Å². The van der Waals surface area contributed by atoms with Crippen molar-refractivity contribution in [3.63, 3.8) is 0 Å². The van der Waals surface area contributed by atoms with E-state index in [9.17, 15) is 4.79 Å². The van der Waals surface area contributed by atoms with E-state index in [1.807, 2.05) is 4.90 Å². The number of amides is 1. The lowest BCUT2D eigenvalue weighted by molar-refractivity contribution is 0.0733. The number of nitrogens with two attached hydrogens (primary N) is 1. The molecule has 17 heavy (non-hydrogen) atoms. The maximum atomic E-state index is 12.3. The Labute approximate surface area is 106 Å². The molecule has 1 saturated heterocycles. The Hall–Kier alpha value is -1.29. The molecule has 0 aliphatic carbocycles. The fraction of sp³-hybridized carbons (Fsp3) is 0.500. The number of anilines is 1. The smallest absolute Gasteiger partial charge is 0.257 e. The quantitative estimate of drug-likeness (QED) is 0.823. The Kier molecular flexibility index (Phi) is 3.52. The lowest BCUT2D eigenvalue weighted by Crippen LogP contribution is -2.35. The number of halogens is 1. The fourth-order valence-corrected chi connectivity index (χ4v) is 2.48. The van der Waals surface area contributed by atoms with Crippen LogP contribution in [0.25, 0.3) is 0 Å². The topological polar surface area (TPSA) is 59.2 Å². The summed E-state index contributed by atoms with van der Waals surface area (Å²) in [5.41, 5.74) is 6.51. The number of nitrogens with zero attached hydrogens (tertiary/aromatic N) is 2. The predicted molar refractivity (Wildman–Crippen MR) is 68.0 cm³/mol. The van der Waals surface area contributed by atoms with Gasteiger partial charge in [-0.1, -0.05) is 18.5 Å². The second-order valence-electron chi connectivity index (χ2n) is 4.31. The van der Waals surface area contributed by atoms with E-state index in [0.29, 0.717) is 17.3 Å². The summed E-state index contributed by atoms with van der Waals surface area (Å²) in [4.78, 5) is 18.1. The monoisotopic (exact) mass is 253 g/mol. The molecule has 4 nitrogen and oxygen atoms in total. The zero-order valence-electron chi connectivity index (χ0n) is 9.82. The van der Waals surface area contributed by atoms with Crippen molar-refractivity contribution in [3.8, 4) is 0 Å². The van der Waals surface area contributed by atoms with Crippen LogP contribution in [0.2, 0.25) is 5.15 Å². The van der Waals surface area contributed by atoms with Gasteiger partial charge < -0.3 is 10.6 Å². The molecule has 0 radical (unpaired) electrons. The summed E-state index contributed by atoms with van der Waals surface area (Å²) in [6.45, 7) is 2.89. The highest BCUT2D eigenvalue weighted by Gasteiger charge is 2.29. The summed E-state index contributed by atoms with van der Waals surface area (Å²) in [5.74, 6) is -0.0563. The lowest BCUT2D eigenvalue weighted by Gasteiger charge is -2.23. The van der Waals surface area contributed by atoms with Crippen molar-refractivity contribution in [3.05, 3.63) is 23.0 Å². The first-order chi connectivity index (χ1) is 8.13. The summed E-state index contributed by atoms with van der Waals surface area (Å²) in [7, 11) is 0. The Bertz CT molecular complexity index is 436. The summed E-state index contributed by atoms with van der Waals surface area (Å²) in [6.07, 6.45) is 4.55. The molecule has 1 aromatic rings. The van der Waals surface area contributed by atoms with Gasteiger partial charge in [0.25, 0.3) is 5.91 Å². The van der Waals surface area contributed by atoms with E-state index in [1.54, 1.807) is 6.07 Å². The van der Waals surface area contributed by atoms with Gasteiger partial charge in [0.15, 0.2) is 0 Å². The number of aromatic nitrogens is 1. The van der Waals surface area contributed by atoms with Crippen LogP contribution >= 0.6 is 11.6 Å². The van der Waals surface area contributed by atoms with Gasteiger partial charge in [-0.15, -0.1) is 0 Å². The van der Waals surface area contributed by atoms with Gasteiger partial charge in [0.2, 0.25) is 0 Å². The van der Waals surface area contributed by atoms with E-state index < -0.39 is 0 Å². The second kappa shape index (κ2) is 4.92. The van der Waals surface area contributed by atoms with E-state index in [-0.39, 0.29) is 11.1 Å². The fourth-order valence-electron chi connectivity index (χ4n) is 2.30. The van der Waals surface area contributed by atoms with Crippen molar-refractivity contribution in [1.82, 2.24) is 9.88 Å². The normalized spacial score (nSPS) is 19.6. The molecule has 1 unspecified atom stereocenters. The Morgan fingerprint density at radius 3 is 3.18 bits per heavy atom. The third-order valence-corrected chi connectivity index (χ3v) is 3.50. The average molecular weight is 254 g/mol. The first-order valence-corrected chi connectivity index (χ1v) is 6.23. The van der Waals surface area contributed by atoms with Crippen LogP contribution in [0.15, 0.2) is 12.3 Å². The van der Waals surface area contributed by atoms with Crippen LogP contribution in [0, 0.1) is 0 Å². The molecule has 2 rings (SSSR count). The zero-order chi connectivity index (χ0) is 12.4. The highest BCUT2D eigenvalue weighted by molar-refractivity contribution is 6.32. The Morgan fingerprint density at radius 2 is 2.47 bits per heavy atom. The van der Waals surface area contributed by atoms with Crippen LogP contribution < -0.4 is 5.73 Å². The maximum absolute atomic E-state index is 12.3. The molecule has 1 aliphatic rings. The molecular formula is C12H16ClN3O. The molecule has 2 N–H and O–H groups in total. The second-order valence-corrected chi connectivity index (χ2v) is 4.67. The first-order valence-electron chi connectivity index (χ1n) is 5.85. The Morgan fingerprint density at radius 1 is 1.71 bits per heavy atom. The number of pyridine rings is 1. The summed E-state index contributed by atoms with van der Waals surface area (Å²) in [5, 5.41) is 0.228.